The molecule has 0 saturated carbocycles. The van der Waals surface area contributed by atoms with E-state index in [1.165, 1.54) is 165 Å². The van der Waals surface area contributed by atoms with Gasteiger partial charge in [-0.3, -0.25) is 0 Å². The van der Waals surface area contributed by atoms with Crippen LogP contribution in [0.1, 0.15) is 74.9 Å². The van der Waals surface area contributed by atoms with Gasteiger partial charge in [0.05, 0.1) is 0 Å². The molecule has 3 heterocycles. The summed E-state index contributed by atoms with van der Waals surface area (Å²) in [5.41, 5.74) is 31.9. The quantitative estimate of drug-likeness (QED) is 0.154. The minimum absolute atomic E-state index is 0.0634. The van der Waals surface area contributed by atoms with Crippen molar-refractivity contribution in [2.24, 2.45) is 0 Å². The molecule has 0 bridgehead atoms. The number of hydrogen-bond acceptors (Lipinski definition) is 6. The second-order valence-corrected chi connectivity index (χ2v) is 36.0. The van der Waals surface area contributed by atoms with Crippen molar-refractivity contribution in [2.75, 3.05) is 0 Å². The van der Waals surface area contributed by atoms with E-state index in [-0.39, 0.29) is 16.2 Å². The summed E-state index contributed by atoms with van der Waals surface area (Å²) in [5, 5.41) is 21.8. The summed E-state index contributed by atoms with van der Waals surface area (Å²) in [6, 6.07) is 138. The Hall–Kier alpha value is -15.6. The number of rotatable bonds is 6. The van der Waals surface area contributed by atoms with E-state index in [4.69, 9.17) is 28.2 Å². The second-order valence-electron chi connectivity index (χ2n) is 36.0. The Kier molecular flexibility index (Phi) is 16.1. The van der Waals surface area contributed by atoms with Gasteiger partial charge in [0.15, 0.2) is 16.7 Å². The van der Waals surface area contributed by atoms with Gasteiger partial charge in [0.2, 0.25) is 17.7 Å². The third-order valence-corrected chi connectivity index (χ3v) is 27.8. The third-order valence-electron chi connectivity index (χ3n) is 27.8. The molecule has 0 aliphatic heterocycles. The van der Waals surface area contributed by atoms with Gasteiger partial charge in [-0.25, -0.2) is 15.0 Å². The van der Waals surface area contributed by atoms with Crippen molar-refractivity contribution < 1.29 is 13.3 Å². The van der Waals surface area contributed by atoms with Crippen LogP contribution >= 0.6 is 0 Å². The van der Waals surface area contributed by atoms with E-state index in [0.717, 1.165) is 82.3 Å². The maximum atomic E-state index is 6.41. The van der Waals surface area contributed by atoms with Gasteiger partial charge in [-0.15, -0.1) is 0 Å². The van der Waals surface area contributed by atoms with Crippen LogP contribution in [-0.4, -0.2) is 15.0 Å². The average Bonchev–Trinajstić information content (AvgIpc) is 1.56. The Balaban J connectivity index is 0.000000103. The first-order valence-corrected chi connectivity index (χ1v) is 43.6. The molecule has 0 atom stereocenters. The van der Waals surface area contributed by atoms with Crippen molar-refractivity contribution >= 4 is 130 Å². The molecule has 0 amide bonds. The minimum atomic E-state index is -0.0804. The topological polar surface area (TPSA) is 78.1 Å². The fourth-order valence-electron chi connectivity index (χ4n) is 21.3. The van der Waals surface area contributed by atoms with Gasteiger partial charge >= 0.3 is 0 Å². The normalized spacial score (nSPS) is 13.7. The summed E-state index contributed by atoms with van der Waals surface area (Å²) in [4.78, 5) is 14.5. The van der Waals surface area contributed by atoms with Gasteiger partial charge in [-0.05, 0) is 284 Å². The van der Waals surface area contributed by atoms with Crippen molar-refractivity contribution in [3.63, 3.8) is 0 Å². The predicted molar refractivity (Wildman–Crippen MR) is 525 cm³/mol. The van der Waals surface area contributed by atoms with Crippen LogP contribution in [0.4, 0.5) is 0 Å². The van der Waals surface area contributed by atoms with Gasteiger partial charge in [-0.2, -0.15) is 0 Å². The zero-order valence-corrected chi connectivity index (χ0v) is 70.4. The molecule has 27 rings (SSSR count). The molecule has 0 saturated heterocycles. The van der Waals surface area contributed by atoms with E-state index < -0.39 is 0 Å². The highest BCUT2D eigenvalue weighted by molar-refractivity contribution is 6.21. The van der Waals surface area contributed by atoms with Crippen molar-refractivity contribution in [3.8, 4) is 101 Å². The molecule has 0 radical (unpaired) electrons. The van der Waals surface area contributed by atoms with Crippen LogP contribution in [0.5, 0.6) is 0 Å². The SMILES string of the molecule is CC1(C)c2cc(-c3ccc4c(ccc5ccc6nc(-c7ccccc7)oc6c54)c3)ccc2-c2c1ccc1ccccc21.CC1(C)c2cc(-c3ccc4c(ccc5ccc6nc(-c7ccccc7)oc6c54)c3)ccc2-c2cc3ccccc3cc21.CC1(C)c2cc(-c3ccc4c(ccc5ccc6nc(-c7ccccc7)oc6c54)c3)ccc2-c2ccc3ccccc3c21. The first-order chi connectivity index (χ1) is 61.7. The molecule has 3 aliphatic rings. The van der Waals surface area contributed by atoms with E-state index in [9.17, 15) is 0 Å². The summed E-state index contributed by atoms with van der Waals surface area (Å²) in [6.07, 6.45) is 0. The Labute approximate surface area is 728 Å². The highest BCUT2D eigenvalue weighted by atomic mass is 16.4. The van der Waals surface area contributed by atoms with Crippen LogP contribution in [0.2, 0.25) is 0 Å². The first kappa shape index (κ1) is 73.1. The molecule has 0 spiro atoms. The number of benzene rings is 21. The van der Waals surface area contributed by atoms with Crippen LogP contribution in [0.15, 0.2) is 395 Å². The predicted octanol–water partition coefficient (Wildman–Crippen LogP) is 32.8. The van der Waals surface area contributed by atoms with Crippen LogP contribution < -0.4 is 0 Å². The van der Waals surface area contributed by atoms with Crippen molar-refractivity contribution in [1.82, 2.24) is 15.0 Å². The molecule has 3 aromatic heterocycles. The lowest BCUT2D eigenvalue weighted by atomic mass is 9.79. The Morgan fingerprint density at radius 3 is 0.976 bits per heavy atom. The lowest BCUT2D eigenvalue weighted by Crippen LogP contribution is -2.15. The fraction of sp³-hybridized carbons (Fsp3) is 0.0750. The molecule has 3 aliphatic carbocycles. The van der Waals surface area contributed by atoms with E-state index in [0.29, 0.717) is 17.7 Å². The molecule has 24 aromatic rings. The molecular weight excluding hydrogens is 1530 g/mol. The summed E-state index contributed by atoms with van der Waals surface area (Å²) >= 11 is 0. The zero-order chi connectivity index (χ0) is 84.0. The molecule has 21 aromatic carbocycles. The summed E-state index contributed by atoms with van der Waals surface area (Å²) < 4.78 is 19.2. The smallest absolute Gasteiger partial charge is 0.227 e. The molecule has 126 heavy (non-hydrogen) atoms. The van der Waals surface area contributed by atoms with Crippen LogP contribution in [0.3, 0.4) is 0 Å². The zero-order valence-electron chi connectivity index (χ0n) is 70.4. The highest BCUT2D eigenvalue weighted by Gasteiger charge is 2.40. The van der Waals surface area contributed by atoms with Crippen molar-refractivity contribution in [3.05, 3.63) is 416 Å². The molecule has 6 nitrogen and oxygen atoms in total. The number of nitrogens with zero attached hydrogens (tertiary/aromatic N) is 3. The lowest BCUT2D eigenvalue weighted by Gasteiger charge is -2.23. The summed E-state index contributed by atoms with van der Waals surface area (Å²) in [6.45, 7) is 14.2. The monoisotopic (exact) mass is 1610 g/mol. The van der Waals surface area contributed by atoms with Crippen LogP contribution in [0.25, 0.3) is 231 Å². The Morgan fingerprint density at radius 1 is 0.190 bits per heavy atom. The standard InChI is InChI=1S/3C40H27NO/c1-40(2)34-23-28(16-19-32(34)33-20-14-24-8-6-7-11-31(24)37(33)40)27-15-18-30-29(22-27)13-12-25-17-21-35-38(36(25)30)42-39(41-35)26-9-4-3-5-10-26;1-40(2)33-20-16-24-8-6-7-11-30(24)37(33)32-19-15-28(23-34(32)40)27-14-18-31-29(22-27)13-12-25-17-21-35-38(36(25)31)42-39(41-35)26-9-4-3-5-10-26;1-40(2)34-23-29(15-18-32(34)33-21-26-10-6-7-11-27(26)22-35(33)40)28-14-17-31-30(20-28)13-12-24-16-19-36-38(37(24)31)42-39(41-36)25-8-4-3-5-9-25/h3*3-23H,1-2H3. The maximum Gasteiger partial charge on any atom is 0.227 e. The molecule has 0 unspecified atom stereocenters. The minimum Gasteiger partial charge on any atom is -0.435 e. The molecular formula is C120H81N3O3. The Bertz CT molecular complexity index is 8720. The highest BCUT2D eigenvalue weighted by Crippen LogP contribution is 2.56. The average molecular weight is 1610 g/mol. The van der Waals surface area contributed by atoms with E-state index in [1.54, 1.807) is 0 Å². The third kappa shape index (κ3) is 11.4. The van der Waals surface area contributed by atoms with E-state index in [1.807, 2.05) is 91.0 Å². The Morgan fingerprint density at radius 2 is 0.508 bits per heavy atom. The van der Waals surface area contributed by atoms with Gasteiger partial charge in [0.25, 0.3) is 0 Å². The number of fused-ring (bicyclic) bond motifs is 29. The van der Waals surface area contributed by atoms with Gasteiger partial charge in [-0.1, -0.05) is 321 Å². The number of oxazole rings is 3. The van der Waals surface area contributed by atoms with Gasteiger partial charge < -0.3 is 13.3 Å². The van der Waals surface area contributed by atoms with E-state index >= 15 is 0 Å². The lowest BCUT2D eigenvalue weighted by molar-refractivity contribution is 0.623. The maximum absolute atomic E-state index is 6.41. The van der Waals surface area contributed by atoms with Gasteiger partial charge in [0, 0.05) is 49.1 Å². The fourth-order valence-corrected chi connectivity index (χ4v) is 21.3. The molecule has 6 heteroatoms. The van der Waals surface area contributed by atoms with Crippen molar-refractivity contribution in [1.29, 1.82) is 0 Å². The van der Waals surface area contributed by atoms with Gasteiger partial charge in [0.1, 0.15) is 16.6 Å². The first-order valence-electron chi connectivity index (χ1n) is 43.6. The summed E-state index contributed by atoms with van der Waals surface area (Å²) in [5.74, 6) is 1.96. The van der Waals surface area contributed by atoms with Crippen LogP contribution in [0, 0.1) is 0 Å². The van der Waals surface area contributed by atoms with E-state index in [2.05, 4.69) is 333 Å². The number of hydrogen-bond donors (Lipinski definition) is 0. The second kappa shape index (κ2) is 27.7. The molecule has 594 valence electrons. The molecule has 0 N–H and O–H groups in total. The number of aromatic nitrogens is 3. The van der Waals surface area contributed by atoms with Crippen molar-refractivity contribution in [2.45, 2.75) is 57.8 Å². The largest absolute Gasteiger partial charge is 0.435 e. The molecule has 0 fully saturated rings. The summed E-state index contributed by atoms with van der Waals surface area (Å²) in [7, 11) is 0. The van der Waals surface area contributed by atoms with Crippen LogP contribution in [-0.2, 0) is 16.2 Å².